The number of hydrogen-bond donors (Lipinski definition) is 1. The number of fused-ring (bicyclic) bond motifs is 1. The van der Waals surface area contributed by atoms with Crippen LogP contribution < -0.4 is 5.32 Å². The normalized spacial score (nSPS) is 20.4. The molecule has 2 nitrogen and oxygen atoms in total. The van der Waals surface area contributed by atoms with Crippen LogP contribution in [0.1, 0.15) is 18.4 Å². The van der Waals surface area contributed by atoms with Gasteiger partial charge in [-0.25, -0.2) is 0 Å². The molecule has 1 aliphatic rings. The molecule has 1 saturated heterocycles. The fourth-order valence-corrected chi connectivity index (χ4v) is 2.45. The molecule has 2 aromatic rings. The first kappa shape index (κ1) is 9.79. The van der Waals surface area contributed by atoms with E-state index in [4.69, 9.17) is 0 Å². The second kappa shape index (κ2) is 4.22. The second-order valence-electron chi connectivity index (χ2n) is 4.53. The zero-order valence-electron chi connectivity index (χ0n) is 9.32. The predicted octanol–water partition coefficient (Wildman–Crippen LogP) is 2.53. The van der Waals surface area contributed by atoms with Crippen LogP contribution >= 0.6 is 0 Å². The Labute approximate surface area is 95.7 Å². The van der Waals surface area contributed by atoms with Gasteiger partial charge in [-0.05, 0) is 43.5 Å². The molecule has 2 heterocycles. The van der Waals surface area contributed by atoms with Gasteiger partial charge >= 0.3 is 0 Å². The molecule has 0 aliphatic carbocycles. The summed E-state index contributed by atoms with van der Waals surface area (Å²) in [6, 6.07) is 11.4. The average molecular weight is 212 g/mol. The number of pyridine rings is 1. The van der Waals surface area contributed by atoms with Gasteiger partial charge in [0.25, 0.3) is 0 Å². The lowest BCUT2D eigenvalue weighted by molar-refractivity contribution is 0.603. The van der Waals surface area contributed by atoms with Crippen molar-refractivity contribution in [1.82, 2.24) is 10.3 Å². The van der Waals surface area contributed by atoms with E-state index in [9.17, 15) is 0 Å². The Bertz CT molecular complexity index is 487. The number of nitrogens with one attached hydrogen (secondary N) is 1. The Kier molecular flexibility index (Phi) is 2.58. The molecule has 1 aromatic carbocycles. The molecule has 0 saturated carbocycles. The molecule has 0 spiro atoms. The van der Waals surface area contributed by atoms with Crippen molar-refractivity contribution in [1.29, 1.82) is 0 Å². The minimum Gasteiger partial charge on any atom is -0.314 e. The molecule has 1 fully saturated rings. The fourth-order valence-electron chi connectivity index (χ4n) is 2.45. The van der Waals surface area contributed by atoms with Gasteiger partial charge in [-0.2, -0.15) is 0 Å². The van der Waals surface area contributed by atoms with Crippen molar-refractivity contribution in [2.75, 3.05) is 6.54 Å². The molecule has 1 unspecified atom stereocenters. The zero-order chi connectivity index (χ0) is 10.8. The van der Waals surface area contributed by atoms with Gasteiger partial charge < -0.3 is 5.32 Å². The first-order chi connectivity index (χ1) is 7.92. The smallest absolute Gasteiger partial charge is 0.0704 e. The average Bonchev–Trinajstić information content (AvgIpc) is 2.82. The summed E-state index contributed by atoms with van der Waals surface area (Å²) < 4.78 is 0. The van der Waals surface area contributed by atoms with E-state index in [1.807, 2.05) is 12.3 Å². The van der Waals surface area contributed by atoms with Gasteiger partial charge in [-0.1, -0.05) is 18.2 Å². The molecule has 82 valence electrons. The van der Waals surface area contributed by atoms with E-state index in [1.54, 1.807) is 0 Å². The van der Waals surface area contributed by atoms with Gasteiger partial charge in [0.1, 0.15) is 0 Å². The highest BCUT2D eigenvalue weighted by atomic mass is 14.9. The Morgan fingerprint density at radius 2 is 2.31 bits per heavy atom. The molecular formula is C14H16N2. The molecule has 0 amide bonds. The predicted molar refractivity (Wildman–Crippen MR) is 66.5 cm³/mol. The van der Waals surface area contributed by atoms with Gasteiger partial charge in [0.2, 0.25) is 0 Å². The quantitative estimate of drug-likeness (QED) is 0.827. The summed E-state index contributed by atoms with van der Waals surface area (Å²) in [5, 5.41) is 4.76. The van der Waals surface area contributed by atoms with Gasteiger partial charge in [-0.15, -0.1) is 0 Å². The van der Waals surface area contributed by atoms with E-state index >= 15 is 0 Å². The molecule has 3 rings (SSSR count). The highest BCUT2D eigenvalue weighted by Crippen LogP contribution is 2.17. The van der Waals surface area contributed by atoms with E-state index in [0.29, 0.717) is 6.04 Å². The second-order valence-corrected chi connectivity index (χ2v) is 4.53. The van der Waals surface area contributed by atoms with Crippen molar-refractivity contribution in [3.05, 3.63) is 42.1 Å². The first-order valence-electron chi connectivity index (χ1n) is 5.99. The lowest BCUT2D eigenvalue weighted by Gasteiger charge is -2.10. The molecular weight excluding hydrogens is 196 g/mol. The van der Waals surface area contributed by atoms with Crippen molar-refractivity contribution in [3.63, 3.8) is 0 Å². The maximum absolute atomic E-state index is 4.40. The third kappa shape index (κ3) is 1.93. The van der Waals surface area contributed by atoms with Gasteiger partial charge in [0, 0.05) is 17.6 Å². The topological polar surface area (TPSA) is 24.9 Å². The first-order valence-corrected chi connectivity index (χ1v) is 5.99. The minimum absolute atomic E-state index is 0.668. The van der Waals surface area contributed by atoms with Crippen LogP contribution in [-0.2, 0) is 6.42 Å². The van der Waals surface area contributed by atoms with Crippen molar-refractivity contribution in [3.8, 4) is 0 Å². The summed E-state index contributed by atoms with van der Waals surface area (Å²) in [6.45, 7) is 1.18. The summed E-state index contributed by atoms with van der Waals surface area (Å²) in [5.41, 5.74) is 2.50. The fraction of sp³-hybridized carbons (Fsp3) is 0.357. The highest BCUT2D eigenvalue weighted by molar-refractivity contribution is 5.78. The summed E-state index contributed by atoms with van der Waals surface area (Å²) in [7, 11) is 0. The summed E-state index contributed by atoms with van der Waals surface area (Å²) in [6.07, 6.45) is 5.61. The van der Waals surface area contributed by atoms with Crippen LogP contribution in [0.15, 0.2) is 36.5 Å². The van der Waals surface area contributed by atoms with Crippen molar-refractivity contribution in [2.45, 2.75) is 25.3 Å². The number of rotatable bonds is 2. The van der Waals surface area contributed by atoms with Crippen molar-refractivity contribution in [2.24, 2.45) is 0 Å². The van der Waals surface area contributed by atoms with Crippen LogP contribution in [0.2, 0.25) is 0 Å². The van der Waals surface area contributed by atoms with Crippen LogP contribution in [-0.4, -0.2) is 17.6 Å². The van der Waals surface area contributed by atoms with E-state index in [-0.39, 0.29) is 0 Å². The van der Waals surface area contributed by atoms with E-state index in [0.717, 1.165) is 11.9 Å². The van der Waals surface area contributed by atoms with Crippen molar-refractivity contribution < 1.29 is 0 Å². The van der Waals surface area contributed by atoms with Crippen LogP contribution in [0.5, 0.6) is 0 Å². The number of hydrogen-bond acceptors (Lipinski definition) is 2. The Hall–Kier alpha value is -1.41. The number of benzene rings is 1. The number of aromatic nitrogens is 1. The van der Waals surface area contributed by atoms with Gasteiger partial charge in [-0.3, -0.25) is 4.98 Å². The molecule has 1 N–H and O–H groups in total. The SMILES string of the molecule is c1cnc2cc(CC3CCCN3)ccc2c1. The standard InChI is InChI=1S/C14H16N2/c1-3-12-6-5-11(10-14(12)16-8-1)9-13-4-2-7-15-13/h1,3,5-6,8,10,13,15H,2,4,7,9H2. The Balaban J connectivity index is 1.86. The highest BCUT2D eigenvalue weighted by Gasteiger charge is 2.14. The molecule has 2 heteroatoms. The third-order valence-electron chi connectivity index (χ3n) is 3.31. The summed E-state index contributed by atoms with van der Waals surface area (Å²) >= 11 is 0. The van der Waals surface area contributed by atoms with Gasteiger partial charge in [0.15, 0.2) is 0 Å². The van der Waals surface area contributed by atoms with E-state index in [1.165, 1.54) is 30.3 Å². The molecule has 16 heavy (non-hydrogen) atoms. The third-order valence-corrected chi connectivity index (χ3v) is 3.31. The molecule has 1 aliphatic heterocycles. The number of nitrogens with zero attached hydrogens (tertiary/aromatic N) is 1. The van der Waals surface area contributed by atoms with E-state index < -0.39 is 0 Å². The monoisotopic (exact) mass is 212 g/mol. The minimum atomic E-state index is 0.668. The molecule has 0 radical (unpaired) electrons. The lowest BCUT2D eigenvalue weighted by Crippen LogP contribution is -2.23. The van der Waals surface area contributed by atoms with Crippen LogP contribution in [0.3, 0.4) is 0 Å². The van der Waals surface area contributed by atoms with E-state index in [2.05, 4.69) is 34.6 Å². The van der Waals surface area contributed by atoms with Crippen molar-refractivity contribution >= 4 is 10.9 Å². The largest absolute Gasteiger partial charge is 0.314 e. The van der Waals surface area contributed by atoms with Gasteiger partial charge in [0.05, 0.1) is 5.52 Å². The molecule has 0 bridgehead atoms. The maximum Gasteiger partial charge on any atom is 0.0704 e. The lowest BCUT2D eigenvalue weighted by atomic mass is 10.0. The zero-order valence-corrected chi connectivity index (χ0v) is 9.32. The maximum atomic E-state index is 4.40. The summed E-state index contributed by atoms with van der Waals surface area (Å²) in [4.78, 5) is 4.40. The summed E-state index contributed by atoms with van der Waals surface area (Å²) in [5.74, 6) is 0. The van der Waals surface area contributed by atoms with Crippen LogP contribution in [0.4, 0.5) is 0 Å². The Morgan fingerprint density at radius 3 is 3.19 bits per heavy atom. The molecule has 1 atom stereocenters. The van der Waals surface area contributed by atoms with Crippen LogP contribution in [0.25, 0.3) is 10.9 Å². The molecule has 1 aromatic heterocycles. The van der Waals surface area contributed by atoms with Crippen LogP contribution in [0, 0.1) is 0 Å². The Morgan fingerprint density at radius 1 is 1.31 bits per heavy atom.